The van der Waals surface area contributed by atoms with Gasteiger partial charge in [-0.15, -0.1) is 0 Å². The summed E-state index contributed by atoms with van der Waals surface area (Å²) in [6.45, 7) is 7.01. The molecule has 5 nitrogen and oxygen atoms in total. The van der Waals surface area contributed by atoms with E-state index in [2.05, 4.69) is 54.9 Å². The van der Waals surface area contributed by atoms with Crippen LogP contribution in [0.15, 0.2) is 90.6 Å². The molecule has 2 aliphatic rings. The lowest BCUT2D eigenvalue weighted by Gasteiger charge is -2.38. The number of hydrazone groups is 1. The second-order valence-corrected chi connectivity index (χ2v) is 8.20. The SMILES string of the molecule is C=CCOc1ccc(C2=NN3[C@@H](C2)c2ccccc2O[C@H]3c2ccc(OCCC)cc2)cc1. The van der Waals surface area contributed by atoms with Crippen molar-refractivity contribution in [3.8, 4) is 17.2 Å². The second-order valence-electron chi connectivity index (χ2n) is 8.20. The lowest BCUT2D eigenvalue weighted by atomic mass is 9.96. The van der Waals surface area contributed by atoms with Crippen molar-refractivity contribution in [1.29, 1.82) is 0 Å². The molecule has 0 fully saturated rings. The highest BCUT2D eigenvalue weighted by molar-refractivity contribution is 6.02. The molecule has 2 aliphatic heterocycles. The highest BCUT2D eigenvalue weighted by atomic mass is 16.5. The first-order valence-electron chi connectivity index (χ1n) is 11.4. The monoisotopic (exact) mass is 440 g/mol. The largest absolute Gasteiger partial charge is 0.494 e. The fraction of sp³-hybridized carbons (Fsp3) is 0.250. The van der Waals surface area contributed by atoms with Gasteiger partial charge in [-0.1, -0.05) is 37.8 Å². The van der Waals surface area contributed by atoms with E-state index in [0.717, 1.165) is 46.9 Å². The summed E-state index contributed by atoms with van der Waals surface area (Å²) in [4.78, 5) is 0. The van der Waals surface area contributed by atoms with E-state index < -0.39 is 0 Å². The Bertz CT molecular complexity index is 1140. The fourth-order valence-corrected chi connectivity index (χ4v) is 4.28. The average Bonchev–Trinajstić information content (AvgIpc) is 3.32. The van der Waals surface area contributed by atoms with Gasteiger partial charge < -0.3 is 14.2 Å². The zero-order valence-corrected chi connectivity index (χ0v) is 18.8. The smallest absolute Gasteiger partial charge is 0.213 e. The third kappa shape index (κ3) is 4.31. The van der Waals surface area contributed by atoms with E-state index >= 15 is 0 Å². The van der Waals surface area contributed by atoms with Gasteiger partial charge in [0.1, 0.15) is 23.9 Å². The molecule has 33 heavy (non-hydrogen) atoms. The van der Waals surface area contributed by atoms with E-state index in [9.17, 15) is 0 Å². The minimum Gasteiger partial charge on any atom is -0.494 e. The maximum atomic E-state index is 6.45. The van der Waals surface area contributed by atoms with Crippen molar-refractivity contribution in [2.75, 3.05) is 13.2 Å². The third-order valence-electron chi connectivity index (χ3n) is 5.89. The van der Waals surface area contributed by atoms with Crippen LogP contribution in [0.2, 0.25) is 0 Å². The maximum absolute atomic E-state index is 6.45. The van der Waals surface area contributed by atoms with Gasteiger partial charge in [0.25, 0.3) is 0 Å². The van der Waals surface area contributed by atoms with Crippen LogP contribution in [0, 0.1) is 0 Å². The molecular weight excluding hydrogens is 412 g/mol. The van der Waals surface area contributed by atoms with Gasteiger partial charge >= 0.3 is 0 Å². The Morgan fingerprint density at radius 1 is 1.00 bits per heavy atom. The van der Waals surface area contributed by atoms with Crippen molar-refractivity contribution in [3.05, 3.63) is 102 Å². The van der Waals surface area contributed by atoms with E-state index in [1.54, 1.807) is 6.08 Å². The van der Waals surface area contributed by atoms with Crippen molar-refractivity contribution >= 4 is 5.71 Å². The third-order valence-corrected chi connectivity index (χ3v) is 5.89. The summed E-state index contributed by atoms with van der Waals surface area (Å²) < 4.78 is 17.8. The van der Waals surface area contributed by atoms with Crippen LogP contribution in [0.25, 0.3) is 0 Å². The minimum atomic E-state index is -0.294. The maximum Gasteiger partial charge on any atom is 0.213 e. The molecule has 0 bridgehead atoms. The molecule has 2 atom stereocenters. The molecule has 0 saturated carbocycles. The summed E-state index contributed by atoms with van der Waals surface area (Å²) in [5.41, 5.74) is 4.36. The lowest BCUT2D eigenvalue weighted by Crippen LogP contribution is -2.33. The van der Waals surface area contributed by atoms with Crippen LogP contribution in [-0.2, 0) is 0 Å². The van der Waals surface area contributed by atoms with Gasteiger partial charge in [0.05, 0.1) is 18.4 Å². The number of para-hydroxylation sites is 1. The van der Waals surface area contributed by atoms with Crippen molar-refractivity contribution in [3.63, 3.8) is 0 Å². The number of hydrogen-bond acceptors (Lipinski definition) is 5. The normalized spacial score (nSPS) is 18.6. The molecule has 0 aliphatic carbocycles. The molecule has 0 aromatic heterocycles. The Kier molecular flexibility index (Phi) is 6.03. The van der Waals surface area contributed by atoms with Gasteiger partial charge in [-0.05, 0) is 66.6 Å². The summed E-state index contributed by atoms with van der Waals surface area (Å²) in [6.07, 6.45) is 3.25. The van der Waals surface area contributed by atoms with Crippen molar-refractivity contribution in [1.82, 2.24) is 5.01 Å². The summed E-state index contributed by atoms with van der Waals surface area (Å²) in [7, 11) is 0. The van der Waals surface area contributed by atoms with Gasteiger partial charge in [-0.2, -0.15) is 5.10 Å². The highest BCUT2D eigenvalue weighted by Gasteiger charge is 2.40. The predicted molar refractivity (Wildman–Crippen MR) is 130 cm³/mol. The quantitative estimate of drug-likeness (QED) is 0.387. The molecule has 0 amide bonds. The predicted octanol–water partition coefficient (Wildman–Crippen LogP) is 6.28. The first-order valence-corrected chi connectivity index (χ1v) is 11.4. The van der Waals surface area contributed by atoms with Crippen LogP contribution >= 0.6 is 0 Å². The number of hydrogen-bond donors (Lipinski definition) is 0. The lowest BCUT2D eigenvalue weighted by molar-refractivity contribution is -0.0190. The van der Waals surface area contributed by atoms with Gasteiger partial charge in [0, 0.05) is 17.5 Å². The fourth-order valence-electron chi connectivity index (χ4n) is 4.28. The molecule has 5 heteroatoms. The van der Waals surface area contributed by atoms with Crippen LogP contribution in [-0.4, -0.2) is 23.9 Å². The van der Waals surface area contributed by atoms with E-state index in [-0.39, 0.29) is 12.3 Å². The molecule has 0 N–H and O–H groups in total. The zero-order valence-electron chi connectivity index (χ0n) is 18.8. The number of benzene rings is 3. The Hall–Kier alpha value is -3.73. The molecular formula is C28H28N2O3. The van der Waals surface area contributed by atoms with E-state index in [0.29, 0.717) is 13.2 Å². The summed E-state index contributed by atoms with van der Waals surface area (Å²) in [5, 5.41) is 7.14. The first kappa shape index (κ1) is 21.1. The van der Waals surface area contributed by atoms with Gasteiger partial charge in [-0.3, -0.25) is 0 Å². The molecule has 0 radical (unpaired) electrons. The first-order chi connectivity index (χ1) is 16.3. The molecule has 5 rings (SSSR count). The molecule has 0 spiro atoms. The van der Waals surface area contributed by atoms with Crippen LogP contribution in [0.1, 0.15) is 48.7 Å². The van der Waals surface area contributed by atoms with E-state index in [4.69, 9.17) is 19.3 Å². The van der Waals surface area contributed by atoms with Gasteiger partial charge in [0.2, 0.25) is 6.23 Å². The van der Waals surface area contributed by atoms with Gasteiger partial charge in [-0.25, -0.2) is 5.01 Å². The van der Waals surface area contributed by atoms with Crippen molar-refractivity contribution in [2.24, 2.45) is 5.10 Å². The Balaban J connectivity index is 1.44. The van der Waals surface area contributed by atoms with Crippen molar-refractivity contribution < 1.29 is 14.2 Å². The summed E-state index contributed by atoms with van der Waals surface area (Å²) in [6, 6.07) is 24.6. The van der Waals surface area contributed by atoms with E-state index in [1.165, 1.54) is 5.56 Å². The molecule has 2 heterocycles. The van der Waals surface area contributed by atoms with Crippen LogP contribution in [0.3, 0.4) is 0 Å². The Morgan fingerprint density at radius 2 is 1.73 bits per heavy atom. The number of ether oxygens (including phenoxy) is 3. The number of nitrogens with zero attached hydrogens (tertiary/aromatic N) is 2. The molecule has 0 saturated heterocycles. The van der Waals surface area contributed by atoms with E-state index in [1.807, 2.05) is 36.4 Å². The number of fused-ring (bicyclic) bond motifs is 3. The topological polar surface area (TPSA) is 43.3 Å². The Morgan fingerprint density at radius 3 is 2.48 bits per heavy atom. The zero-order chi connectivity index (χ0) is 22.6. The van der Waals surface area contributed by atoms with Gasteiger partial charge in [0.15, 0.2) is 0 Å². The summed E-state index contributed by atoms with van der Waals surface area (Å²) >= 11 is 0. The molecule has 0 unspecified atom stereocenters. The molecule has 3 aromatic carbocycles. The summed E-state index contributed by atoms with van der Waals surface area (Å²) in [5.74, 6) is 2.62. The molecule has 3 aromatic rings. The van der Waals surface area contributed by atoms with Crippen LogP contribution < -0.4 is 14.2 Å². The standard InChI is InChI=1S/C28H28N2O3/c1-3-17-31-22-13-9-20(10-14-22)25-19-26-24-7-5-6-8-27(24)33-28(30(26)29-25)21-11-15-23(16-12-21)32-18-4-2/h3,5-16,26,28H,1,4,17-19H2,2H3/t26-,28-/m0/s1. The van der Waals surface area contributed by atoms with Crippen molar-refractivity contribution in [2.45, 2.75) is 32.0 Å². The highest BCUT2D eigenvalue weighted by Crippen LogP contribution is 2.47. The Labute approximate surface area is 194 Å². The minimum absolute atomic E-state index is 0.127. The van der Waals surface area contributed by atoms with Crippen LogP contribution in [0.4, 0.5) is 0 Å². The number of rotatable bonds is 8. The van der Waals surface area contributed by atoms with Crippen LogP contribution in [0.5, 0.6) is 17.2 Å². The molecule has 168 valence electrons. The second kappa shape index (κ2) is 9.41. The average molecular weight is 441 g/mol.